The maximum Gasteiger partial charge on any atom is 0.401 e. The number of nitro benzene ring substituents is 1. The predicted octanol–water partition coefficient (Wildman–Crippen LogP) is 2.27. The van der Waals surface area contributed by atoms with E-state index in [1.807, 2.05) is 0 Å². The van der Waals surface area contributed by atoms with Crippen molar-refractivity contribution in [3.05, 3.63) is 38.8 Å². The van der Waals surface area contributed by atoms with E-state index in [1.165, 1.54) is 39.3 Å². The Balaban J connectivity index is 1.98. The summed E-state index contributed by atoms with van der Waals surface area (Å²) in [7, 11) is 1.54. The van der Waals surface area contributed by atoms with Crippen molar-refractivity contribution < 1.29 is 18.1 Å². The lowest BCUT2D eigenvalue weighted by Crippen LogP contribution is -2.41. The van der Waals surface area contributed by atoms with Crippen LogP contribution in [0.5, 0.6) is 0 Å². The monoisotopic (exact) mass is 358 g/mol. The zero-order chi connectivity index (χ0) is 18.4. The van der Waals surface area contributed by atoms with Gasteiger partial charge in [0.1, 0.15) is 0 Å². The van der Waals surface area contributed by atoms with Crippen LogP contribution in [0.3, 0.4) is 0 Å². The molecule has 1 aliphatic rings. The highest BCUT2D eigenvalue weighted by atomic mass is 19.4. The summed E-state index contributed by atoms with van der Waals surface area (Å²) in [5.41, 5.74) is 0.316. The van der Waals surface area contributed by atoms with E-state index in [-0.39, 0.29) is 12.2 Å². The van der Waals surface area contributed by atoms with Crippen molar-refractivity contribution in [3.63, 3.8) is 0 Å². The lowest BCUT2D eigenvalue weighted by Gasteiger charge is -2.25. The van der Waals surface area contributed by atoms with E-state index in [2.05, 4.69) is 0 Å². The molecule has 2 heterocycles. The van der Waals surface area contributed by atoms with Crippen molar-refractivity contribution in [2.45, 2.75) is 31.6 Å². The normalized spacial score (nSPS) is 19.0. The van der Waals surface area contributed by atoms with Crippen LogP contribution in [-0.4, -0.2) is 44.3 Å². The van der Waals surface area contributed by atoms with E-state index in [9.17, 15) is 28.1 Å². The number of aryl methyl sites for hydroxylation is 1. The number of halogens is 3. The number of fused-ring (bicyclic) bond motifs is 1. The summed E-state index contributed by atoms with van der Waals surface area (Å²) in [6, 6.07) is 3.65. The molecule has 0 radical (unpaired) electrons. The molecule has 0 amide bonds. The third-order valence-electron chi connectivity index (χ3n) is 4.61. The zero-order valence-corrected chi connectivity index (χ0v) is 13.5. The third-order valence-corrected chi connectivity index (χ3v) is 4.61. The first-order valence-corrected chi connectivity index (χ1v) is 7.82. The van der Waals surface area contributed by atoms with E-state index in [0.717, 1.165) is 0 Å². The largest absolute Gasteiger partial charge is 0.401 e. The van der Waals surface area contributed by atoms with Gasteiger partial charge in [0, 0.05) is 31.8 Å². The maximum absolute atomic E-state index is 12.7. The SMILES string of the molecule is Cn1c(=O)n(C[C@@H]2CCCN2CC(F)(F)F)c2cc([N+](=O)[O-])ccc21. The molecule has 136 valence electrons. The summed E-state index contributed by atoms with van der Waals surface area (Å²) in [5, 5.41) is 11.0. The number of imidazole rings is 1. The van der Waals surface area contributed by atoms with Crippen LogP contribution in [0.2, 0.25) is 0 Å². The first-order chi connectivity index (χ1) is 11.7. The topological polar surface area (TPSA) is 73.3 Å². The molecule has 0 bridgehead atoms. The van der Waals surface area contributed by atoms with E-state index >= 15 is 0 Å². The fourth-order valence-electron chi connectivity index (χ4n) is 3.44. The van der Waals surface area contributed by atoms with E-state index in [1.54, 1.807) is 0 Å². The van der Waals surface area contributed by atoms with Gasteiger partial charge in [-0.3, -0.25) is 24.1 Å². The second kappa shape index (κ2) is 6.17. The quantitative estimate of drug-likeness (QED) is 0.621. The molecule has 1 saturated heterocycles. The first-order valence-electron chi connectivity index (χ1n) is 7.82. The number of nitrogens with zero attached hydrogens (tertiary/aromatic N) is 4. The highest BCUT2D eigenvalue weighted by Crippen LogP contribution is 2.26. The second-order valence-corrected chi connectivity index (χ2v) is 6.26. The molecule has 10 heteroatoms. The average molecular weight is 358 g/mol. The molecule has 0 spiro atoms. The summed E-state index contributed by atoms with van der Waals surface area (Å²) >= 11 is 0. The van der Waals surface area contributed by atoms with Crippen molar-refractivity contribution in [1.82, 2.24) is 14.0 Å². The standard InChI is InChI=1S/C15H17F3N4O3/c1-19-12-5-4-10(22(24)25)7-13(12)21(14(19)23)8-11-3-2-6-20(11)9-15(16,17)18/h4-5,7,11H,2-3,6,8-9H2,1H3/t11-/m0/s1. The molecule has 1 aliphatic heterocycles. The fourth-order valence-corrected chi connectivity index (χ4v) is 3.44. The highest BCUT2D eigenvalue weighted by molar-refractivity contribution is 5.78. The second-order valence-electron chi connectivity index (χ2n) is 6.26. The van der Waals surface area contributed by atoms with Crippen LogP contribution < -0.4 is 5.69 Å². The number of non-ortho nitro benzene ring substituents is 1. The van der Waals surface area contributed by atoms with Gasteiger partial charge in [-0.05, 0) is 25.5 Å². The smallest absolute Gasteiger partial charge is 0.295 e. The Morgan fingerprint density at radius 1 is 1.32 bits per heavy atom. The third kappa shape index (κ3) is 3.39. The molecule has 0 N–H and O–H groups in total. The van der Waals surface area contributed by atoms with Crippen LogP contribution in [0.15, 0.2) is 23.0 Å². The summed E-state index contributed by atoms with van der Waals surface area (Å²) in [6.07, 6.45) is -3.13. The van der Waals surface area contributed by atoms with Gasteiger partial charge in [0.15, 0.2) is 0 Å². The van der Waals surface area contributed by atoms with E-state index in [0.29, 0.717) is 30.4 Å². The molecule has 1 aromatic carbocycles. The van der Waals surface area contributed by atoms with E-state index in [4.69, 9.17) is 0 Å². The number of nitro groups is 1. The summed E-state index contributed by atoms with van der Waals surface area (Å²) in [6.45, 7) is -0.616. The van der Waals surface area contributed by atoms with Gasteiger partial charge in [0.25, 0.3) is 5.69 Å². The van der Waals surface area contributed by atoms with Crippen LogP contribution in [0.1, 0.15) is 12.8 Å². The van der Waals surface area contributed by atoms with Gasteiger partial charge >= 0.3 is 11.9 Å². The molecule has 0 unspecified atom stereocenters. The van der Waals surface area contributed by atoms with Crippen LogP contribution >= 0.6 is 0 Å². The van der Waals surface area contributed by atoms with Crippen LogP contribution in [0, 0.1) is 10.1 Å². The first kappa shape index (κ1) is 17.5. The molecule has 7 nitrogen and oxygen atoms in total. The molecule has 0 saturated carbocycles. The van der Waals surface area contributed by atoms with Gasteiger partial charge in [0.05, 0.1) is 22.5 Å². The fraction of sp³-hybridized carbons (Fsp3) is 0.533. The molecule has 1 aromatic heterocycles. The Labute approximate surface area is 140 Å². The number of benzene rings is 1. The van der Waals surface area contributed by atoms with E-state index < -0.39 is 29.4 Å². The Kier molecular flexibility index (Phi) is 4.31. The van der Waals surface area contributed by atoms with Crippen LogP contribution in [-0.2, 0) is 13.6 Å². The zero-order valence-electron chi connectivity index (χ0n) is 13.5. The average Bonchev–Trinajstić information content (AvgIpc) is 3.04. The predicted molar refractivity (Wildman–Crippen MR) is 84.5 cm³/mol. The summed E-state index contributed by atoms with van der Waals surface area (Å²) < 4.78 is 40.8. The maximum atomic E-state index is 12.7. The lowest BCUT2D eigenvalue weighted by atomic mass is 10.2. The molecule has 25 heavy (non-hydrogen) atoms. The molecule has 2 aromatic rings. The summed E-state index contributed by atoms with van der Waals surface area (Å²) in [5.74, 6) is 0. The van der Waals surface area contributed by atoms with Gasteiger partial charge in [-0.1, -0.05) is 0 Å². The van der Waals surface area contributed by atoms with Crippen molar-refractivity contribution in [3.8, 4) is 0 Å². The molecular weight excluding hydrogens is 341 g/mol. The number of likely N-dealkylation sites (tertiary alicyclic amines) is 1. The van der Waals surface area contributed by atoms with Gasteiger partial charge in [-0.25, -0.2) is 4.79 Å². The Hall–Kier alpha value is -2.36. The van der Waals surface area contributed by atoms with Crippen molar-refractivity contribution in [2.24, 2.45) is 7.05 Å². The number of rotatable bonds is 4. The minimum atomic E-state index is -4.30. The minimum Gasteiger partial charge on any atom is -0.295 e. The Morgan fingerprint density at radius 2 is 2.04 bits per heavy atom. The molecule has 1 atom stereocenters. The highest BCUT2D eigenvalue weighted by Gasteiger charge is 2.36. The van der Waals surface area contributed by atoms with Gasteiger partial charge in [-0.2, -0.15) is 13.2 Å². The Bertz CT molecular complexity index is 871. The molecule has 3 rings (SSSR count). The van der Waals surface area contributed by atoms with Crippen LogP contribution in [0.25, 0.3) is 11.0 Å². The van der Waals surface area contributed by atoms with Crippen LogP contribution in [0.4, 0.5) is 18.9 Å². The van der Waals surface area contributed by atoms with Crippen molar-refractivity contribution in [1.29, 1.82) is 0 Å². The summed E-state index contributed by atoms with van der Waals surface area (Å²) in [4.78, 5) is 24.2. The molecule has 1 fully saturated rings. The molecular formula is C15H17F3N4O3. The van der Waals surface area contributed by atoms with Crippen molar-refractivity contribution in [2.75, 3.05) is 13.1 Å². The van der Waals surface area contributed by atoms with Gasteiger partial charge in [0.2, 0.25) is 0 Å². The number of aromatic nitrogens is 2. The number of hydrogen-bond acceptors (Lipinski definition) is 4. The molecule has 0 aliphatic carbocycles. The van der Waals surface area contributed by atoms with Crippen molar-refractivity contribution >= 4 is 16.7 Å². The van der Waals surface area contributed by atoms with Gasteiger partial charge in [-0.15, -0.1) is 0 Å². The lowest BCUT2D eigenvalue weighted by molar-refractivity contribution is -0.384. The van der Waals surface area contributed by atoms with Gasteiger partial charge < -0.3 is 0 Å². The number of alkyl halides is 3. The Morgan fingerprint density at radius 3 is 2.68 bits per heavy atom. The number of hydrogen-bond donors (Lipinski definition) is 0. The minimum absolute atomic E-state index is 0.0768.